The number of carbonyl (C=O) groups excluding carboxylic acids is 2. The number of carboxylic acid groups (broad SMARTS) is 1. The lowest BCUT2D eigenvalue weighted by atomic mass is 9.80. The third-order valence-electron chi connectivity index (χ3n) is 10.4. The van der Waals surface area contributed by atoms with Crippen LogP contribution in [0.15, 0.2) is 24.3 Å². The minimum absolute atomic E-state index is 0.144. The average Bonchev–Trinajstić information content (AvgIpc) is 3.62. The van der Waals surface area contributed by atoms with Crippen LogP contribution in [0.2, 0.25) is 5.02 Å². The smallest absolute Gasteiger partial charge is 0.306 e. The van der Waals surface area contributed by atoms with Crippen molar-refractivity contribution < 1.29 is 19.5 Å². The van der Waals surface area contributed by atoms with Crippen LogP contribution in [0.3, 0.4) is 0 Å². The third kappa shape index (κ3) is 4.54. The van der Waals surface area contributed by atoms with Gasteiger partial charge >= 0.3 is 5.97 Å². The molecule has 9 heteroatoms. The number of nitrogens with zero attached hydrogens (tertiary/aromatic N) is 4. The molecule has 8 nitrogen and oxygen atoms in total. The highest BCUT2D eigenvalue weighted by atomic mass is 35.5. The Bertz CT molecular complexity index is 1470. The van der Waals surface area contributed by atoms with Crippen LogP contribution in [0.5, 0.6) is 0 Å². The first-order valence-corrected chi connectivity index (χ1v) is 15.5. The summed E-state index contributed by atoms with van der Waals surface area (Å²) in [6.07, 6.45) is 9.90. The molecule has 1 spiro atoms. The molecule has 7 rings (SSSR count). The minimum atomic E-state index is -0.771. The van der Waals surface area contributed by atoms with Gasteiger partial charge in [0.15, 0.2) is 0 Å². The van der Waals surface area contributed by atoms with Crippen LogP contribution in [0, 0.1) is 11.8 Å². The molecule has 2 aliphatic heterocycles. The zero-order chi connectivity index (χ0) is 28.5. The van der Waals surface area contributed by atoms with E-state index in [4.69, 9.17) is 16.7 Å². The maximum atomic E-state index is 14.2. The SMILES string of the molecule is CN1CCCC12CN(C(=O)C1CCc3c(C4=CCC(C(=O)O)CC4)nn(C(=O)c4c(Cl)cccc4C4CC4)c3C1)C2. The fourth-order valence-electron chi connectivity index (χ4n) is 7.68. The molecular weight excluding hydrogens is 540 g/mol. The molecular formula is C32H37ClN4O4. The maximum Gasteiger partial charge on any atom is 0.306 e. The van der Waals surface area contributed by atoms with Gasteiger partial charge in [-0.15, -0.1) is 0 Å². The van der Waals surface area contributed by atoms with Crippen LogP contribution < -0.4 is 0 Å². The summed E-state index contributed by atoms with van der Waals surface area (Å²) in [6.45, 7) is 2.67. The monoisotopic (exact) mass is 576 g/mol. The van der Waals surface area contributed by atoms with Gasteiger partial charge in [0.25, 0.3) is 5.91 Å². The number of rotatable bonds is 5. The first kappa shape index (κ1) is 26.9. The molecule has 1 saturated carbocycles. The molecule has 1 aromatic heterocycles. The number of allylic oxidation sites excluding steroid dienone is 2. The van der Waals surface area contributed by atoms with E-state index in [1.54, 1.807) is 6.07 Å². The predicted molar refractivity (Wildman–Crippen MR) is 155 cm³/mol. The molecule has 2 atom stereocenters. The molecule has 2 unspecified atom stereocenters. The Balaban J connectivity index is 1.22. The first-order valence-electron chi connectivity index (χ1n) is 15.1. The summed E-state index contributed by atoms with van der Waals surface area (Å²) in [6, 6.07) is 5.66. The number of hydrogen-bond donors (Lipinski definition) is 1. The van der Waals surface area contributed by atoms with Crippen molar-refractivity contribution in [3.63, 3.8) is 0 Å². The normalized spacial score (nSPS) is 25.5. The number of hydrogen-bond acceptors (Lipinski definition) is 5. The molecule has 3 aliphatic carbocycles. The Labute approximate surface area is 245 Å². The van der Waals surface area contributed by atoms with Crippen molar-refractivity contribution in [2.75, 3.05) is 26.7 Å². The van der Waals surface area contributed by atoms with Gasteiger partial charge in [-0.25, -0.2) is 0 Å². The number of aromatic nitrogens is 2. The highest BCUT2D eigenvalue weighted by molar-refractivity contribution is 6.34. The molecule has 216 valence electrons. The van der Waals surface area contributed by atoms with Crippen molar-refractivity contribution in [3.8, 4) is 0 Å². The van der Waals surface area contributed by atoms with Gasteiger partial charge in [-0.05, 0) is 94.5 Å². The van der Waals surface area contributed by atoms with Gasteiger partial charge in [0.1, 0.15) is 0 Å². The predicted octanol–water partition coefficient (Wildman–Crippen LogP) is 4.78. The zero-order valence-corrected chi connectivity index (χ0v) is 24.3. The molecule has 5 aliphatic rings. The van der Waals surface area contributed by atoms with Gasteiger partial charge in [-0.3, -0.25) is 19.3 Å². The van der Waals surface area contributed by atoms with Gasteiger partial charge in [0.2, 0.25) is 5.91 Å². The van der Waals surface area contributed by atoms with Gasteiger partial charge in [-0.2, -0.15) is 9.78 Å². The van der Waals surface area contributed by atoms with E-state index in [0.717, 1.165) is 73.4 Å². The number of likely N-dealkylation sites (tertiary alicyclic amines) is 2. The Morgan fingerprint density at radius 1 is 1.07 bits per heavy atom. The number of fused-ring (bicyclic) bond motifs is 1. The van der Waals surface area contributed by atoms with Crippen LogP contribution in [-0.4, -0.2) is 74.7 Å². The third-order valence-corrected chi connectivity index (χ3v) is 10.7. The summed E-state index contributed by atoms with van der Waals surface area (Å²) in [5.41, 5.74) is 5.27. The van der Waals surface area contributed by atoms with Crippen molar-refractivity contribution >= 4 is 35.0 Å². The number of amides is 1. The van der Waals surface area contributed by atoms with Crippen molar-refractivity contribution in [2.24, 2.45) is 11.8 Å². The van der Waals surface area contributed by atoms with Crippen LogP contribution >= 0.6 is 11.6 Å². The molecule has 2 aromatic rings. The molecule has 3 fully saturated rings. The van der Waals surface area contributed by atoms with E-state index in [1.165, 1.54) is 11.1 Å². The summed E-state index contributed by atoms with van der Waals surface area (Å²) in [7, 11) is 2.16. The number of aliphatic carboxylic acids is 1. The Morgan fingerprint density at radius 2 is 1.85 bits per heavy atom. The zero-order valence-electron chi connectivity index (χ0n) is 23.6. The second-order valence-electron chi connectivity index (χ2n) is 12.9. The molecule has 0 bridgehead atoms. The average molecular weight is 577 g/mol. The lowest BCUT2D eigenvalue weighted by molar-refractivity contribution is -0.148. The Morgan fingerprint density at radius 3 is 2.51 bits per heavy atom. The fraction of sp³-hybridized carbons (Fsp3) is 0.562. The van der Waals surface area contributed by atoms with E-state index < -0.39 is 5.97 Å². The molecule has 1 N–H and O–H groups in total. The van der Waals surface area contributed by atoms with E-state index in [2.05, 4.69) is 11.9 Å². The van der Waals surface area contributed by atoms with E-state index >= 15 is 0 Å². The quantitative estimate of drug-likeness (QED) is 0.550. The van der Waals surface area contributed by atoms with Gasteiger partial charge < -0.3 is 10.0 Å². The number of benzene rings is 1. The number of carboxylic acids is 1. The van der Waals surface area contributed by atoms with E-state index in [0.29, 0.717) is 48.6 Å². The van der Waals surface area contributed by atoms with Gasteiger partial charge in [0.05, 0.1) is 33.4 Å². The van der Waals surface area contributed by atoms with Gasteiger partial charge in [0, 0.05) is 31.0 Å². The molecule has 41 heavy (non-hydrogen) atoms. The van der Waals surface area contributed by atoms with E-state index in [1.807, 2.05) is 23.1 Å². The topological polar surface area (TPSA) is 95.7 Å². The molecule has 2 saturated heterocycles. The second-order valence-corrected chi connectivity index (χ2v) is 13.3. The van der Waals surface area contributed by atoms with Crippen molar-refractivity contribution in [2.45, 2.75) is 75.7 Å². The van der Waals surface area contributed by atoms with Crippen molar-refractivity contribution in [1.82, 2.24) is 19.6 Å². The molecule has 3 heterocycles. The molecule has 1 amide bonds. The Hall–Kier alpha value is -2.97. The lowest BCUT2D eigenvalue weighted by Crippen LogP contribution is -2.69. The first-order chi connectivity index (χ1) is 19.8. The number of likely N-dealkylation sites (N-methyl/N-ethyl adjacent to an activating group) is 1. The lowest BCUT2D eigenvalue weighted by Gasteiger charge is -2.52. The summed E-state index contributed by atoms with van der Waals surface area (Å²) in [5, 5.41) is 14.8. The van der Waals surface area contributed by atoms with Crippen LogP contribution in [-0.2, 0) is 22.4 Å². The summed E-state index contributed by atoms with van der Waals surface area (Å²) in [5.74, 6) is -1.05. The minimum Gasteiger partial charge on any atom is -0.481 e. The highest BCUT2D eigenvalue weighted by Gasteiger charge is 2.51. The number of halogens is 1. The highest BCUT2D eigenvalue weighted by Crippen LogP contribution is 2.44. The van der Waals surface area contributed by atoms with Crippen molar-refractivity contribution in [3.05, 3.63) is 57.4 Å². The Kier molecular flexibility index (Phi) is 6.62. The maximum absolute atomic E-state index is 14.2. The van der Waals surface area contributed by atoms with Gasteiger partial charge in [-0.1, -0.05) is 29.8 Å². The fourth-order valence-corrected chi connectivity index (χ4v) is 7.94. The second kappa shape index (κ2) is 10.1. The standard InChI is InChI=1S/C32H37ClN4O4/c1-35-15-3-14-32(35)17-36(18-32)29(38)22-12-13-24-26(16-22)37(34-28(24)20-8-10-21(11-9-20)31(40)41)30(39)27-23(19-6-7-19)4-2-5-25(27)33/h2,4-5,8,19,21-22H,3,6-7,9-18H2,1H3,(H,40,41). The van der Waals surface area contributed by atoms with Crippen LogP contribution in [0.25, 0.3) is 5.57 Å². The molecule has 0 radical (unpaired) electrons. The summed E-state index contributed by atoms with van der Waals surface area (Å²) < 4.78 is 1.53. The summed E-state index contributed by atoms with van der Waals surface area (Å²) >= 11 is 6.65. The molecule has 1 aromatic carbocycles. The van der Waals surface area contributed by atoms with E-state index in [9.17, 15) is 19.5 Å². The summed E-state index contributed by atoms with van der Waals surface area (Å²) in [4.78, 5) is 43.9. The largest absolute Gasteiger partial charge is 0.481 e. The van der Waals surface area contributed by atoms with Crippen LogP contribution in [0.1, 0.15) is 90.2 Å². The van der Waals surface area contributed by atoms with E-state index in [-0.39, 0.29) is 29.2 Å². The van der Waals surface area contributed by atoms with Crippen molar-refractivity contribution in [1.29, 1.82) is 0 Å². The van der Waals surface area contributed by atoms with Crippen LogP contribution in [0.4, 0.5) is 0 Å². The number of carbonyl (C=O) groups is 3.